The lowest BCUT2D eigenvalue weighted by molar-refractivity contribution is -0.303. The second-order valence-corrected chi connectivity index (χ2v) is 15.3. The van der Waals surface area contributed by atoms with Crippen LogP contribution in [0.3, 0.4) is 0 Å². The third-order valence-electron chi connectivity index (χ3n) is 13.0. The zero-order valence-corrected chi connectivity index (χ0v) is 26.0. The van der Waals surface area contributed by atoms with Crippen molar-refractivity contribution in [1.29, 1.82) is 0 Å². The lowest BCUT2D eigenvalue weighted by Crippen LogP contribution is -2.59. The van der Waals surface area contributed by atoms with Crippen LogP contribution in [-0.4, -0.2) is 98.3 Å². The molecule has 6 aliphatic rings. The van der Waals surface area contributed by atoms with Gasteiger partial charge in [0, 0.05) is 30.1 Å². The Morgan fingerprint density at radius 2 is 1.84 bits per heavy atom. The fourth-order valence-electron chi connectivity index (χ4n) is 10.3. The first kappa shape index (κ1) is 32.0. The number of ether oxygens (including phenoxy) is 3. The highest BCUT2D eigenvalue weighted by molar-refractivity contribution is 5.87. The third kappa shape index (κ3) is 4.99. The largest absolute Gasteiger partial charge is 0.394 e. The van der Waals surface area contributed by atoms with E-state index in [0.29, 0.717) is 36.9 Å². The van der Waals surface area contributed by atoms with Crippen molar-refractivity contribution in [2.75, 3.05) is 13.2 Å². The van der Waals surface area contributed by atoms with E-state index in [9.17, 15) is 35.4 Å². The maximum absolute atomic E-state index is 14.1. The van der Waals surface area contributed by atoms with Crippen LogP contribution in [0.1, 0.15) is 79.1 Å². The average Bonchev–Trinajstić information content (AvgIpc) is 3.41. The molecule has 6 rings (SSSR count). The molecule has 0 aromatic heterocycles. The van der Waals surface area contributed by atoms with Crippen LogP contribution in [0.4, 0.5) is 0 Å². The molecule has 0 spiro atoms. The van der Waals surface area contributed by atoms with Crippen molar-refractivity contribution in [3.05, 3.63) is 11.6 Å². The minimum atomic E-state index is -1.49. The maximum Gasteiger partial charge on any atom is 0.186 e. The van der Waals surface area contributed by atoms with E-state index in [1.165, 1.54) is 5.57 Å². The minimum absolute atomic E-state index is 0.0299. The van der Waals surface area contributed by atoms with Crippen LogP contribution in [0.15, 0.2) is 11.6 Å². The number of carbonyl (C=O) groups is 1. The van der Waals surface area contributed by atoms with Gasteiger partial charge in [0.2, 0.25) is 0 Å². The molecule has 0 radical (unpaired) electrons. The van der Waals surface area contributed by atoms with E-state index >= 15 is 0 Å². The number of aliphatic hydroxyl groups is 6. The highest BCUT2D eigenvalue weighted by atomic mass is 16.7. The first-order valence-electron chi connectivity index (χ1n) is 16.5. The molecule has 0 unspecified atom stereocenters. The molecule has 43 heavy (non-hydrogen) atoms. The normalized spacial score (nSPS) is 53.4. The second-order valence-electron chi connectivity index (χ2n) is 15.3. The highest BCUT2D eigenvalue weighted by Crippen LogP contribution is 2.69. The van der Waals surface area contributed by atoms with Gasteiger partial charge < -0.3 is 44.8 Å². The molecule has 4 aliphatic carbocycles. The monoisotopic (exact) mass is 608 g/mol. The van der Waals surface area contributed by atoms with Gasteiger partial charge in [-0.15, -0.1) is 0 Å². The van der Waals surface area contributed by atoms with Crippen LogP contribution < -0.4 is 0 Å². The highest BCUT2D eigenvalue weighted by Gasteiger charge is 2.70. The SMILES string of the molecule is C[C@H](CC[C@]1(O)O[C@H]2C[C@@H]3[C@H]4CC=C5C[C@H](O)CC[C@@]5(C)[C@H]4CC(=O)[C@]3(C)[C@H]2[C@@H]1C)CO[C@@H]1O[C@H](CO)[C@@H](O)[C@H](O)[C@H]1O. The molecule has 0 aromatic carbocycles. The Labute approximate surface area is 254 Å². The topological polar surface area (TPSA) is 166 Å². The summed E-state index contributed by atoms with van der Waals surface area (Å²) in [5.41, 5.74) is 0.770. The van der Waals surface area contributed by atoms with Crippen LogP contribution in [0.25, 0.3) is 0 Å². The molecule has 2 saturated heterocycles. The van der Waals surface area contributed by atoms with Gasteiger partial charge in [0.25, 0.3) is 0 Å². The standard InChI is InChI=1S/C33H52O10/c1-16(15-41-30-29(39)28(38)27(37)24(14-34)42-30)7-10-33(40)17(2)26-23(43-33)12-22-20-6-5-18-11-19(35)8-9-31(18,3)21(20)13-25(36)32(22,26)4/h5,16-17,19-24,26-30,34-35,37-40H,6-15H2,1-4H3/t16-,17+,19-,20+,21+,22-,23+,24-,26+,27-,28+,29-,30-,31-,32-,33+/m1/s1. The molecule has 0 amide bonds. The Morgan fingerprint density at radius 1 is 1.09 bits per heavy atom. The van der Waals surface area contributed by atoms with E-state index < -0.39 is 48.5 Å². The number of rotatable bonds is 7. The zero-order valence-electron chi connectivity index (χ0n) is 26.0. The quantitative estimate of drug-likeness (QED) is 0.234. The molecule has 5 fully saturated rings. The van der Waals surface area contributed by atoms with Gasteiger partial charge in [-0.05, 0) is 67.6 Å². The summed E-state index contributed by atoms with van der Waals surface area (Å²) in [7, 11) is 0. The number of hydrogen-bond donors (Lipinski definition) is 6. The predicted octanol–water partition coefficient (Wildman–Crippen LogP) is 1.67. The Hall–Kier alpha value is -0.950. The first-order chi connectivity index (χ1) is 20.2. The summed E-state index contributed by atoms with van der Waals surface area (Å²) in [6, 6.07) is 0. The first-order valence-corrected chi connectivity index (χ1v) is 16.5. The number of aliphatic hydroxyl groups excluding tert-OH is 5. The van der Waals surface area contributed by atoms with Crippen molar-refractivity contribution in [2.24, 2.45) is 46.3 Å². The molecule has 2 heterocycles. The van der Waals surface area contributed by atoms with E-state index in [-0.39, 0.29) is 47.9 Å². The van der Waals surface area contributed by atoms with Crippen molar-refractivity contribution in [1.82, 2.24) is 0 Å². The Balaban J connectivity index is 1.09. The molecule has 2 aliphatic heterocycles. The molecule has 16 atom stereocenters. The minimum Gasteiger partial charge on any atom is -0.394 e. The van der Waals surface area contributed by atoms with Gasteiger partial charge in [-0.1, -0.05) is 39.3 Å². The number of ketones is 1. The van der Waals surface area contributed by atoms with Crippen molar-refractivity contribution in [3.63, 3.8) is 0 Å². The Morgan fingerprint density at radius 3 is 2.56 bits per heavy atom. The van der Waals surface area contributed by atoms with Gasteiger partial charge in [-0.3, -0.25) is 4.79 Å². The summed E-state index contributed by atoms with van der Waals surface area (Å²) in [5, 5.41) is 61.8. The Kier molecular flexibility index (Phi) is 8.47. The van der Waals surface area contributed by atoms with Gasteiger partial charge in [0.1, 0.15) is 30.2 Å². The molecule has 10 nitrogen and oxygen atoms in total. The van der Waals surface area contributed by atoms with Crippen molar-refractivity contribution >= 4 is 5.78 Å². The van der Waals surface area contributed by atoms with Gasteiger partial charge in [0.05, 0.1) is 25.4 Å². The predicted molar refractivity (Wildman–Crippen MR) is 154 cm³/mol. The van der Waals surface area contributed by atoms with Crippen LogP contribution in [0.5, 0.6) is 0 Å². The summed E-state index contributed by atoms with van der Waals surface area (Å²) >= 11 is 0. The number of fused-ring (bicyclic) bond motifs is 7. The van der Waals surface area contributed by atoms with Crippen molar-refractivity contribution in [2.45, 2.75) is 128 Å². The zero-order chi connectivity index (χ0) is 31.1. The number of allylic oxidation sites excluding steroid dienone is 1. The van der Waals surface area contributed by atoms with Gasteiger partial charge in [0.15, 0.2) is 12.1 Å². The van der Waals surface area contributed by atoms with E-state index in [1.54, 1.807) is 0 Å². The molecule has 3 saturated carbocycles. The van der Waals surface area contributed by atoms with Gasteiger partial charge in [-0.2, -0.15) is 0 Å². The van der Waals surface area contributed by atoms with Crippen molar-refractivity contribution in [3.8, 4) is 0 Å². The third-order valence-corrected chi connectivity index (χ3v) is 13.0. The van der Waals surface area contributed by atoms with Crippen molar-refractivity contribution < 1.29 is 49.6 Å². The average molecular weight is 609 g/mol. The fraction of sp³-hybridized carbons (Fsp3) is 0.909. The number of Topliss-reactive ketones (excluding diaryl/α,β-unsaturated/α-hetero) is 1. The summed E-state index contributed by atoms with van der Waals surface area (Å²) in [4.78, 5) is 14.1. The molecule has 244 valence electrons. The smallest absolute Gasteiger partial charge is 0.186 e. The molecular formula is C33H52O10. The lowest BCUT2D eigenvalue weighted by atomic mass is 9.46. The molecule has 0 bridgehead atoms. The van der Waals surface area contributed by atoms with Crippen LogP contribution in [0, 0.1) is 46.3 Å². The van der Waals surface area contributed by atoms with E-state index in [0.717, 1.165) is 32.1 Å². The molecule has 0 aromatic rings. The Bertz CT molecular complexity index is 1100. The molecule has 6 N–H and O–H groups in total. The molecular weight excluding hydrogens is 556 g/mol. The number of carbonyl (C=O) groups excluding carboxylic acids is 1. The summed E-state index contributed by atoms with van der Waals surface area (Å²) < 4.78 is 17.7. The summed E-state index contributed by atoms with van der Waals surface area (Å²) in [5.74, 6) is -0.461. The fourth-order valence-corrected chi connectivity index (χ4v) is 10.3. The summed E-state index contributed by atoms with van der Waals surface area (Å²) in [6.07, 6.45) is 0.958. The van der Waals surface area contributed by atoms with Gasteiger partial charge >= 0.3 is 0 Å². The van der Waals surface area contributed by atoms with E-state index in [4.69, 9.17) is 14.2 Å². The van der Waals surface area contributed by atoms with Gasteiger partial charge in [-0.25, -0.2) is 0 Å². The van der Waals surface area contributed by atoms with E-state index in [2.05, 4.69) is 19.9 Å². The second kappa shape index (κ2) is 11.4. The maximum atomic E-state index is 14.1. The van der Waals surface area contributed by atoms with Crippen LogP contribution in [0.2, 0.25) is 0 Å². The van der Waals surface area contributed by atoms with Crippen LogP contribution >= 0.6 is 0 Å². The number of hydrogen-bond acceptors (Lipinski definition) is 10. The molecule has 10 heteroatoms. The van der Waals surface area contributed by atoms with Crippen LogP contribution in [-0.2, 0) is 19.0 Å². The van der Waals surface area contributed by atoms with E-state index in [1.807, 2.05) is 13.8 Å². The summed E-state index contributed by atoms with van der Waals surface area (Å²) in [6.45, 7) is 8.08. The lowest BCUT2D eigenvalue weighted by Gasteiger charge is -2.57.